The molecule has 0 unspecified atom stereocenters. The molecule has 0 aromatic rings. The molecular formula is C22H42CuO2. The molecule has 0 fully saturated rings. The fourth-order valence-electron chi connectivity index (χ4n) is 3.05. The Kier molecular flexibility index (Phi) is 25.6. The molecule has 0 aliphatic carbocycles. The van der Waals surface area contributed by atoms with E-state index in [1.165, 1.54) is 96.3 Å². The molecule has 25 heavy (non-hydrogen) atoms. The topological polar surface area (TPSA) is 37.3 Å². The molecule has 0 rings (SSSR count). The molecule has 0 aromatic carbocycles. The Morgan fingerprint density at radius 2 is 1.00 bits per heavy atom. The minimum Gasteiger partial charge on any atom is -0.481 e. The van der Waals surface area contributed by atoms with Crippen LogP contribution in [0.4, 0.5) is 0 Å². The summed E-state index contributed by atoms with van der Waals surface area (Å²) in [7, 11) is 0. The van der Waals surface area contributed by atoms with Crippen molar-refractivity contribution in [3.8, 4) is 0 Å². The minimum absolute atomic E-state index is 0. The van der Waals surface area contributed by atoms with Crippen molar-refractivity contribution in [3.63, 3.8) is 0 Å². The normalized spacial score (nSPS) is 10.9. The van der Waals surface area contributed by atoms with Gasteiger partial charge in [-0.25, -0.2) is 0 Å². The molecule has 0 aliphatic rings. The van der Waals surface area contributed by atoms with Crippen LogP contribution in [0.5, 0.6) is 0 Å². The van der Waals surface area contributed by atoms with Crippen LogP contribution in [0.25, 0.3) is 0 Å². The van der Waals surface area contributed by atoms with E-state index in [9.17, 15) is 4.79 Å². The first-order valence-electron chi connectivity index (χ1n) is 10.6. The predicted octanol–water partition coefficient (Wildman–Crippen LogP) is 7.67. The average molecular weight is 402 g/mol. The molecule has 0 aliphatic heterocycles. The molecule has 1 N–H and O–H groups in total. The van der Waals surface area contributed by atoms with Crippen LogP contribution in [0, 0.1) is 0 Å². The monoisotopic (exact) mass is 401 g/mol. The summed E-state index contributed by atoms with van der Waals surface area (Å²) in [5.41, 5.74) is 0. The zero-order valence-electron chi connectivity index (χ0n) is 16.5. The van der Waals surface area contributed by atoms with Gasteiger partial charge in [-0.15, -0.1) is 0 Å². The van der Waals surface area contributed by atoms with Crippen LogP contribution < -0.4 is 0 Å². The fourth-order valence-corrected chi connectivity index (χ4v) is 3.05. The third kappa shape index (κ3) is 26.1. The summed E-state index contributed by atoms with van der Waals surface area (Å²) < 4.78 is 0. The summed E-state index contributed by atoms with van der Waals surface area (Å²) in [5, 5.41) is 8.55. The van der Waals surface area contributed by atoms with Crippen LogP contribution >= 0.6 is 0 Å². The second-order valence-electron chi connectivity index (χ2n) is 7.14. The summed E-state index contributed by atoms with van der Waals surface area (Å²) in [6, 6.07) is 0. The van der Waals surface area contributed by atoms with Crippen molar-refractivity contribution in [1.82, 2.24) is 0 Å². The number of hydrogen-bond donors (Lipinski definition) is 1. The second kappa shape index (κ2) is 23.7. The second-order valence-corrected chi connectivity index (χ2v) is 7.14. The SMILES string of the molecule is CCCCCCCCC=CCCCCCCCCCCCC(=O)O.[Cu]. The van der Waals surface area contributed by atoms with Crippen LogP contribution in [0.15, 0.2) is 12.2 Å². The Hall–Kier alpha value is -0.271. The van der Waals surface area contributed by atoms with Gasteiger partial charge in [0.05, 0.1) is 0 Å². The molecule has 0 heterocycles. The molecule has 2 nitrogen and oxygen atoms in total. The molecule has 1 radical (unpaired) electrons. The molecule has 0 spiro atoms. The molecular weight excluding hydrogens is 360 g/mol. The first-order valence-corrected chi connectivity index (χ1v) is 10.6. The quantitative estimate of drug-likeness (QED) is 0.137. The van der Waals surface area contributed by atoms with Crippen molar-refractivity contribution < 1.29 is 27.0 Å². The van der Waals surface area contributed by atoms with E-state index >= 15 is 0 Å². The zero-order valence-corrected chi connectivity index (χ0v) is 17.5. The van der Waals surface area contributed by atoms with E-state index in [2.05, 4.69) is 19.1 Å². The van der Waals surface area contributed by atoms with E-state index in [0.29, 0.717) is 6.42 Å². The Bertz CT molecular complexity index is 290. The van der Waals surface area contributed by atoms with Gasteiger partial charge in [-0.1, -0.05) is 96.1 Å². The van der Waals surface area contributed by atoms with Gasteiger partial charge >= 0.3 is 5.97 Å². The molecule has 0 aromatic heterocycles. The van der Waals surface area contributed by atoms with Gasteiger partial charge < -0.3 is 5.11 Å². The van der Waals surface area contributed by atoms with E-state index in [0.717, 1.165) is 12.8 Å². The third-order valence-electron chi connectivity index (χ3n) is 4.65. The summed E-state index contributed by atoms with van der Waals surface area (Å²) in [6.07, 6.45) is 27.1. The maximum absolute atomic E-state index is 10.4. The summed E-state index contributed by atoms with van der Waals surface area (Å²) in [4.78, 5) is 10.4. The van der Waals surface area contributed by atoms with E-state index in [1.807, 2.05) is 0 Å². The maximum Gasteiger partial charge on any atom is 0.303 e. The van der Waals surface area contributed by atoms with Gasteiger partial charge in [-0.3, -0.25) is 4.79 Å². The minimum atomic E-state index is -0.656. The van der Waals surface area contributed by atoms with E-state index < -0.39 is 5.97 Å². The Labute approximate surface area is 167 Å². The summed E-state index contributed by atoms with van der Waals surface area (Å²) in [5.74, 6) is -0.656. The molecule has 0 atom stereocenters. The van der Waals surface area contributed by atoms with Crippen molar-refractivity contribution in [2.45, 2.75) is 122 Å². The van der Waals surface area contributed by atoms with Crippen molar-refractivity contribution in [2.75, 3.05) is 0 Å². The van der Waals surface area contributed by atoms with Crippen LogP contribution in [0.3, 0.4) is 0 Å². The number of carboxylic acid groups (broad SMARTS) is 1. The van der Waals surface area contributed by atoms with Crippen LogP contribution in [0.2, 0.25) is 0 Å². The number of unbranched alkanes of at least 4 members (excludes halogenated alkanes) is 15. The Morgan fingerprint density at radius 3 is 1.40 bits per heavy atom. The van der Waals surface area contributed by atoms with Gasteiger partial charge in [0.15, 0.2) is 0 Å². The van der Waals surface area contributed by atoms with Gasteiger partial charge in [0, 0.05) is 23.5 Å². The molecule has 3 heteroatoms. The smallest absolute Gasteiger partial charge is 0.303 e. The number of aliphatic carboxylic acids is 1. The number of carbonyl (C=O) groups is 1. The zero-order chi connectivity index (χ0) is 17.7. The van der Waals surface area contributed by atoms with Gasteiger partial charge in [0.25, 0.3) is 0 Å². The predicted molar refractivity (Wildman–Crippen MR) is 106 cm³/mol. The maximum atomic E-state index is 10.4. The Balaban J connectivity index is 0. The van der Waals surface area contributed by atoms with E-state index in [4.69, 9.17) is 5.11 Å². The standard InChI is InChI=1S/C22H42O2.Cu/c1-2-3-4-5-6-7-8-9-10-11-12-13-14-15-16-17-18-19-20-21-22(23)24;/h9-10H,2-8,11-21H2,1H3,(H,23,24);. The van der Waals surface area contributed by atoms with Gasteiger partial charge in [-0.05, 0) is 32.1 Å². The average Bonchev–Trinajstić information content (AvgIpc) is 2.56. The van der Waals surface area contributed by atoms with Crippen LogP contribution in [-0.2, 0) is 21.9 Å². The fraction of sp³-hybridized carbons (Fsp3) is 0.864. The number of rotatable bonds is 19. The van der Waals surface area contributed by atoms with E-state index in [1.54, 1.807) is 0 Å². The van der Waals surface area contributed by atoms with Crippen molar-refractivity contribution in [2.24, 2.45) is 0 Å². The van der Waals surface area contributed by atoms with Crippen LogP contribution in [-0.4, -0.2) is 11.1 Å². The summed E-state index contributed by atoms with van der Waals surface area (Å²) >= 11 is 0. The van der Waals surface area contributed by atoms with Crippen molar-refractivity contribution >= 4 is 5.97 Å². The molecule has 0 amide bonds. The van der Waals surface area contributed by atoms with Gasteiger partial charge in [0.1, 0.15) is 0 Å². The third-order valence-corrected chi connectivity index (χ3v) is 4.65. The van der Waals surface area contributed by atoms with Gasteiger partial charge in [-0.2, -0.15) is 0 Å². The number of allylic oxidation sites excluding steroid dienone is 2. The largest absolute Gasteiger partial charge is 0.481 e. The molecule has 0 bridgehead atoms. The van der Waals surface area contributed by atoms with Crippen molar-refractivity contribution in [3.05, 3.63) is 12.2 Å². The van der Waals surface area contributed by atoms with Gasteiger partial charge in [0.2, 0.25) is 0 Å². The summed E-state index contributed by atoms with van der Waals surface area (Å²) in [6.45, 7) is 2.27. The number of carboxylic acids is 1. The Morgan fingerprint density at radius 1 is 0.640 bits per heavy atom. The molecule has 153 valence electrons. The first kappa shape index (κ1) is 27.0. The number of hydrogen-bond acceptors (Lipinski definition) is 1. The molecule has 0 saturated heterocycles. The van der Waals surface area contributed by atoms with Crippen molar-refractivity contribution in [1.29, 1.82) is 0 Å². The van der Waals surface area contributed by atoms with Crippen LogP contribution in [0.1, 0.15) is 122 Å². The first-order chi connectivity index (χ1) is 11.8. The van der Waals surface area contributed by atoms with E-state index in [-0.39, 0.29) is 17.1 Å². The molecule has 0 saturated carbocycles.